The molecule has 0 spiro atoms. The van der Waals surface area contributed by atoms with E-state index in [2.05, 4.69) is 26.1 Å². The number of alkyl halides is 1. The van der Waals surface area contributed by atoms with Gasteiger partial charge in [-0.2, -0.15) is 0 Å². The molecule has 0 heterocycles. The Bertz CT molecular complexity index is 262. The highest BCUT2D eigenvalue weighted by Gasteiger charge is 2.14. The summed E-state index contributed by atoms with van der Waals surface area (Å²) in [5.41, 5.74) is 0.224. The van der Waals surface area contributed by atoms with Gasteiger partial charge in [-0.05, 0) is 11.8 Å². The van der Waals surface area contributed by atoms with E-state index in [0.29, 0.717) is 13.0 Å². The van der Waals surface area contributed by atoms with Gasteiger partial charge in [-0.25, -0.2) is 0 Å². The van der Waals surface area contributed by atoms with Gasteiger partial charge in [0.2, 0.25) is 11.8 Å². The second-order valence-corrected chi connectivity index (χ2v) is 5.63. The van der Waals surface area contributed by atoms with Crippen LogP contribution in [0.3, 0.4) is 0 Å². The highest BCUT2D eigenvalue weighted by molar-refractivity contribution is 6.27. The first-order valence-electron chi connectivity index (χ1n) is 5.83. The molecule has 17 heavy (non-hydrogen) atoms. The second kappa shape index (κ2) is 7.54. The Hall–Kier alpha value is -0.770. The van der Waals surface area contributed by atoms with Gasteiger partial charge in [0, 0.05) is 26.6 Å². The van der Waals surface area contributed by atoms with Crippen LogP contribution in [0.15, 0.2) is 0 Å². The number of nitrogens with zero attached hydrogens (tertiary/aromatic N) is 1. The second-order valence-electron chi connectivity index (χ2n) is 5.36. The maximum absolute atomic E-state index is 11.7. The molecule has 100 valence electrons. The predicted octanol–water partition coefficient (Wildman–Crippen LogP) is 1.63. The summed E-state index contributed by atoms with van der Waals surface area (Å²) in [7, 11) is 1.79. The van der Waals surface area contributed by atoms with Gasteiger partial charge in [-0.15, -0.1) is 11.6 Å². The highest BCUT2D eigenvalue weighted by atomic mass is 35.5. The summed E-state index contributed by atoms with van der Waals surface area (Å²) < 4.78 is 0. The van der Waals surface area contributed by atoms with Crippen molar-refractivity contribution < 1.29 is 9.59 Å². The van der Waals surface area contributed by atoms with E-state index in [1.54, 1.807) is 11.9 Å². The zero-order chi connectivity index (χ0) is 13.5. The van der Waals surface area contributed by atoms with Crippen molar-refractivity contribution in [2.24, 2.45) is 5.41 Å². The van der Waals surface area contributed by atoms with Crippen molar-refractivity contribution in [2.75, 3.05) is 26.0 Å². The molecule has 0 saturated heterocycles. The Balaban J connectivity index is 3.79. The lowest BCUT2D eigenvalue weighted by molar-refractivity contribution is -0.130. The molecule has 0 aromatic carbocycles. The van der Waals surface area contributed by atoms with Gasteiger partial charge in [0.15, 0.2) is 0 Å². The van der Waals surface area contributed by atoms with Crippen LogP contribution in [0, 0.1) is 5.41 Å². The SMILES string of the molecule is CN(CCC(C)(C)C)C(=O)CCNC(=O)CCl. The lowest BCUT2D eigenvalue weighted by Crippen LogP contribution is -2.34. The van der Waals surface area contributed by atoms with E-state index in [1.165, 1.54) is 0 Å². The molecule has 0 aliphatic carbocycles. The van der Waals surface area contributed by atoms with E-state index in [9.17, 15) is 9.59 Å². The summed E-state index contributed by atoms with van der Waals surface area (Å²) in [6, 6.07) is 0. The molecule has 0 bridgehead atoms. The smallest absolute Gasteiger partial charge is 0.234 e. The number of hydrogen-bond acceptors (Lipinski definition) is 2. The van der Waals surface area contributed by atoms with Gasteiger partial charge >= 0.3 is 0 Å². The monoisotopic (exact) mass is 262 g/mol. The number of rotatable bonds is 6. The zero-order valence-electron chi connectivity index (χ0n) is 11.2. The minimum atomic E-state index is -0.239. The van der Waals surface area contributed by atoms with Crippen LogP contribution in [0.25, 0.3) is 0 Å². The molecule has 0 aliphatic rings. The average Bonchev–Trinajstić information content (AvgIpc) is 2.24. The third-order valence-electron chi connectivity index (χ3n) is 2.41. The van der Waals surface area contributed by atoms with Crippen molar-refractivity contribution in [3.8, 4) is 0 Å². The maximum Gasteiger partial charge on any atom is 0.234 e. The number of carbonyl (C=O) groups is 2. The first kappa shape index (κ1) is 16.2. The number of carbonyl (C=O) groups excluding carboxylic acids is 2. The van der Waals surface area contributed by atoms with Crippen LogP contribution in [0.1, 0.15) is 33.6 Å². The van der Waals surface area contributed by atoms with Gasteiger partial charge in [0.25, 0.3) is 0 Å². The molecule has 0 unspecified atom stereocenters. The zero-order valence-corrected chi connectivity index (χ0v) is 11.9. The molecule has 0 fully saturated rings. The van der Waals surface area contributed by atoms with E-state index in [4.69, 9.17) is 11.6 Å². The van der Waals surface area contributed by atoms with Gasteiger partial charge in [-0.3, -0.25) is 9.59 Å². The predicted molar refractivity (Wildman–Crippen MR) is 70.1 cm³/mol. The van der Waals surface area contributed by atoms with Crippen LogP contribution in [0.2, 0.25) is 0 Å². The third-order valence-corrected chi connectivity index (χ3v) is 2.65. The molecule has 0 aliphatic heterocycles. The molecule has 2 amide bonds. The highest BCUT2D eigenvalue weighted by Crippen LogP contribution is 2.18. The Kier molecular flexibility index (Phi) is 7.19. The van der Waals surface area contributed by atoms with Gasteiger partial charge in [-0.1, -0.05) is 20.8 Å². The first-order valence-corrected chi connectivity index (χ1v) is 6.36. The Labute approximate surface area is 109 Å². The molecular formula is C12H23ClN2O2. The molecule has 4 nitrogen and oxygen atoms in total. The van der Waals surface area contributed by atoms with E-state index in [1.807, 2.05) is 0 Å². The standard InChI is InChI=1S/C12H23ClN2O2/c1-12(2,3)6-8-15(4)11(17)5-7-14-10(16)9-13/h5-9H2,1-4H3,(H,14,16). The molecule has 0 atom stereocenters. The largest absolute Gasteiger partial charge is 0.355 e. The third kappa shape index (κ3) is 8.98. The minimum Gasteiger partial charge on any atom is -0.355 e. The molecule has 0 saturated carbocycles. The molecule has 0 rings (SSSR count). The molecule has 0 aromatic heterocycles. The van der Waals surface area contributed by atoms with E-state index in [-0.39, 0.29) is 23.1 Å². The lowest BCUT2D eigenvalue weighted by atomic mass is 9.92. The average molecular weight is 263 g/mol. The van der Waals surface area contributed by atoms with Crippen LogP contribution < -0.4 is 5.32 Å². The van der Waals surface area contributed by atoms with E-state index >= 15 is 0 Å². The summed E-state index contributed by atoms with van der Waals surface area (Å²) in [5, 5.41) is 2.57. The fourth-order valence-electron chi connectivity index (χ4n) is 1.17. The number of hydrogen-bond donors (Lipinski definition) is 1. The van der Waals surface area contributed by atoms with Crippen LogP contribution >= 0.6 is 11.6 Å². The van der Waals surface area contributed by atoms with Crippen molar-refractivity contribution in [1.82, 2.24) is 10.2 Å². The maximum atomic E-state index is 11.7. The summed E-state index contributed by atoms with van der Waals surface area (Å²) in [5.74, 6) is -0.255. The van der Waals surface area contributed by atoms with Crippen LogP contribution in [0.4, 0.5) is 0 Å². The van der Waals surface area contributed by atoms with E-state index < -0.39 is 0 Å². The molecule has 0 aromatic rings. The van der Waals surface area contributed by atoms with Crippen molar-refractivity contribution in [3.63, 3.8) is 0 Å². The summed E-state index contributed by atoms with van der Waals surface area (Å²) in [4.78, 5) is 24.2. The molecule has 5 heteroatoms. The van der Waals surface area contributed by atoms with Crippen molar-refractivity contribution in [2.45, 2.75) is 33.6 Å². The molecular weight excluding hydrogens is 240 g/mol. The van der Waals surface area contributed by atoms with Gasteiger partial charge < -0.3 is 10.2 Å². The molecule has 0 radical (unpaired) electrons. The minimum absolute atomic E-state index is 0.0455. The number of halogens is 1. The summed E-state index contributed by atoms with van der Waals surface area (Å²) >= 11 is 5.32. The summed E-state index contributed by atoms with van der Waals surface area (Å²) in [6.45, 7) is 7.53. The van der Waals surface area contributed by atoms with E-state index in [0.717, 1.165) is 13.0 Å². The lowest BCUT2D eigenvalue weighted by Gasteiger charge is -2.23. The number of amides is 2. The summed E-state index contributed by atoms with van der Waals surface area (Å²) in [6.07, 6.45) is 1.28. The topological polar surface area (TPSA) is 49.4 Å². The normalized spacial score (nSPS) is 11.1. The van der Waals surface area contributed by atoms with Crippen molar-refractivity contribution >= 4 is 23.4 Å². The van der Waals surface area contributed by atoms with Crippen LogP contribution in [-0.2, 0) is 9.59 Å². The Morgan fingerprint density at radius 3 is 2.35 bits per heavy atom. The van der Waals surface area contributed by atoms with Crippen molar-refractivity contribution in [1.29, 1.82) is 0 Å². The fraction of sp³-hybridized carbons (Fsp3) is 0.833. The van der Waals surface area contributed by atoms with Crippen LogP contribution in [-0.4, -0.2) is 42.7 Å². The Morgan fingerprint density at radius 2 is 1.88 bits per heavy atom. The fourth-order valence-corrected chi connectivity index (χ4v) is 1.27. The van der Waals surface area contributed by atoms with Crippen molar-refractivity contribution in [3.05, 3.63) is 0 Å². The van der Waals surface area contributed by atoms with Gasteiger partial charge in [0.1, 0.15) is 5.88 Å². The number of nitrogens with one attached hydrogen (secondary N) is 1. The van der Waals surface area contributed by atoms with Crippen LogP contribution in [0.5, 0.6) is 0 Å². The quantitative estimate of drug-likeness (QED) is 0.740. The van der Waals surface area contributed by atoms with Gasteiger partial charge in [0.05, 0.1) is 0 Å². The first-order chi connectivity index (χ1) is 7.76. The molecule has 1 N–H and O–H groups in total. The Morgan fingerprint density at radius 1 is 1.29 bits per heavy atom.